The van der Waals surface area contributed by atoms with E-state index in [1.54, 1.807) is 36.4 Å². The molecular weight excluding hydrogens is 356 g/mol. The maximum Gasteiger partial charge on any atom is 0.273 e. The smallest absolute Gasteiger partial charge is 0.273 e. The minimum absolute atomic E-state index is 0.0136. The number of H-pyrrole nitrogens is 1. The van der Waals surface area contributed by atoms with Gasteiger partial charge in [-0.25, -0.2) is 0 Å². The number of nitrogens with one attached hydrogen (secondary N) is 3. The van der Waals surface area contributed by atoms with Gasteiger partial charge in [-0.2, -0.15) is 5.10 Å². The Kier molecular flexibility index (Phi) is 4.06. The third-order valence-corrected chi connectivity index (χ3v) is 4.08. The van der Waals surface area contributed by atoms with Crippen molar-refractivity contribution in [1.82, 2.24) is 10.2 Å². The molecule has 2 amide bonds. The molecule has 2 aromatic carbocycles. The van der Waals surface area contributed by atoms with Crippen LogP contribution in [0.5, 0.6) is 5.75 Å². The first-order valence-corrected chi connectivity index (χ1v) is 8.16. The number of carbonyl (C=O) groups is 2. The maximum atomic E-state index is 12.4. The van der Waals surface area contributed by atoms with Crippen molar-refractivity contribution >= 4 is 34.8 Å². The van der Waals surface area contributed by atoms with E-state index in [1.807, 2.05) is 12.1 Å². The Labute approximate surface area is 153 Å². The van der Waals surface area contributed by atoms with E-state index in [9.17, 15) is 9.59 Å². The van der Waals surface area contributed by atoms with Gasteiger partial charge in [-0.3, -0.25) is 14.7 Å². The molecule has 7 nitrogen and oxygen atoms in total. The van der Waals surface area contributed by atoms with E-state index < -0.39 is 0 Å². The number of aromatic nitrogens is 2. The topological polar surface area (TPSA) is 96.1 Å². The summed E-state index contributed by atoms with van der Waals surface area (Å²) in [5.41, 5.74) is 2.84. The molecule has 0 unspecified atom stereocenters. The lowest BCUT2D eigenvalue weighted by molar-refractivity contribution is -0.118. The van der Waals surface area contributed by atoms with E-state index in [-0.39, 0.29) is 18.4 Å². The zero-order valence-electron chi connectivity index (χ0n) is 13.4. The summed E-state index contributed by atoms with van der Waals surface area (Å²) in [6, 6.07) is 13.9. The Bertz CT molecular complexity index is 998. The van der Waals surface area contributed by atoms with Gasteiger partial charge in [-0.1, -0.05) is 23.7 Å². The highest BCUT2D eigenvalue weighted by atomic mass is 35.5. The van der Waals surface area contributed by atoms with Gasteiger partial charge in [0.2, 0.25) is 0 Å². The molecule has 0 atom stereocenters. The van der Waals surface area contributed by atoms with Gasteiger partial charge >= 0.3 is 0 Å². The number of benzene rings is 2. The zero-order chi connectivity index (χ0) is 18.1. The quantitative estimate of drug-likeness (QED) is 0.660. The van der Waals surface area contributed by atoms with Crippen LogP contribution >= 0.6 is 11.6 Å². The second-order valence-electron chi connectivity index (χ2n) is 5.68. The highest BCUT2D eigenvalue weighted by Crippen LogP contribution is 2.30. The molecule has 0 saturated carbocycles. The van der Waals surface area contributed by atoms with Crippen LogP contribution in [0.15, 0.2) is 48.5 Å². The number of hydrogen-bond acceptors (Lipinski definition) is 4. The van der Waals surface area contributed by atoms with E-state index in [0.717, 1.165) is 5.56 Å². The van der Waals surface area contributed by atoms with Crippen molar-refractivity contribution in [3.05, 3.63) is 59.2 Å². The van der Waals surface area contributed by atoms with Crippen molar-refractivity contribution in [3.63, 3.8) is 0 Å². The van der Waals surface area contributed by atoms with Crippen molar-refractivity contribution in [2.24, 2.45) is 0 Å². The van der Waals surface area contributed by atoms with Gasteiger partial charge in [0.05, 0.1) is 11.4 Å². The number of fused-ring (bicyclic) bond motifs is 1. The molecule has 1 aromatic heterocycles. The van der Waals surface area contributed by atoms with Crippen molar-refractivity contribution in [1.29, 1.82) is 0 Å². The van der Waals surface area contributed by atoms with Crippen LogP contribution in [0.25, 0.3) is 11.3 Å². The number of halogens is 1. The number of hydrogen-bond donors (Lipinski definition) is 3. The van der Waals surface area contributed by atoms with E-state index in [2.05, 4.69) is 20.8 Å². The summed E-state index contributed by atoms with van der Waals surface area (Å²) in [5.74, 6) is -0.0166. The Morgan fingerprint density at radius 1 is 1.15 bits per heavy atom. The predicted octanol–water partition coefficient (Wildman–Crippen LogP) is 3.31. The lowest BCUT2D eigenvalue weighted by Gasteiger charge is -2.18. The number of carbonyl (C=O) groups excluding carboxylic acids is 2. The number of anilines is 2. The Morgan fingerprint density at radius 2 is 1.96 bits per heavy atom. The molecule has 3 N–H and O–H groups in total. The summed E-state index contributed by atoms with van der Waals surface area (Å²) < 4.78 is 5.29. The van der Waals surface area contributed by atoms with Crippen LogP contribution < -0.4 is 15.4 Å². The first-order valence-electron chi connectivity index (χ1n) is 7.78. The number of aromatic amines is 1. The summed E-state index contributed by atoms with van der Waals surface area (Å²) in [4.78, 5) is 23.8. The number of nitrogens with zero attached hydrogens (tertiary/aromatic N) is 1. The molecule has 4 rings (SSSR count). The molecule has 0 radical (unpaired) electrons. The molecule has 0 spiro atoms. The Balaban J connectivity index is 1.51. The van der Waals surface area contributed by atoms with E-state index in [1.165, 1.54) is 0 Å². The molecule has 0 saturated heterocycles. The van der Waals surface area contributed by atoms with Gasteiger partial charge in [-0.15, -0.1) is 0 Å². The summed E-state index contributed by atoms with van der Waals surface area (Å²) in [7, 11) is 0. The third-order valence-electron chi connectivity index (χ3n) is 3.83. The molecule has 3 aromatic rings. The molecule has 0 bridgehead atoms. The van der Waals surface area contributed by atoms with Crippen molar-refractivity contribution in [3.8, 4) is 17.0 Å². The normalized spacial score (nSPS) is 12.7. The van der Waals surface area contributed by atoms with Gasteiger partial charge in [0.15, 0.2) is 6.61 Å². The molecule has 26 heavy (non-hydrogen) atoms. The van der Waals surface area contributed by atoms with Crippen LogP contribution in [0.2, 0.25) is 5.02 Å². The molecule has 0 fully saturated rings. The van der Waals surface area contributed by atoms with Crippen molar-refractivity contribution in [2.45, 2.75) is 0 Å². The minimum Gasteiger partial charge on any atom is -0.482 e. The summed E-state index contributed by atoms with van der Waals surface area (Å²) in [6.45, 7) is -0.0136. The van der Waals surface area contributed by atoms with Gasteiger partial charge in [0, 0.05) is 16.3 Å². The number of amides is 2. The highest BCUT2D eigenvalue weighted by Gasteiger charge is 2.17. The van der Waals surface area contributed by atoms with Crippen molar-refractivity contribution < 1.29 is 14.3 Å². The Morgan fingerprint density at radius 3 is 2.77 bits per heavy atom. The lowest BCUT2D eigenvalue weighted by Crippen LogP contribution is -2.25. The summed E-state index contributed by atoms with van der Waals surface area (Å²) in [5, 5.41) is 13.0. The average molecular weight is 369 g/mol. The summed E-state index contributed by atoms with van der Waals surface area (Å²) >= 11 is 5.88. The fourth-order valence-corrected chi connectivity index (χ4v) is 2.69. The average Bonchev–Trinajstić information content (AvgIpc) is 3.12. The van der Waals surface area contributed by atoms with Crippen LogP contribution in [0.1, 0.15) is 10.5 Å². The van der Waals surface area contributed by atoms with E-state index >= 15 is 0 Å². The van der Waals surface area contributed by atoms with Crippen LogP contribution in [-0.4, -0.2) is 28.6 Å². The van der Waals surface area contributed by atoms with Gasteiger partial charge in [0.25, 0.3) is 11.8 Å². The number of rotatable bonds is 3. The largest absolute Gasteiger partial charge is 0.482 e. The predicted molar refractivity (Wildman–Crippen MR) is 97.6 cm³/mol. The number of ether oxygens (including phenoxy) is 1. The monoisotopic (exact) mass is 368 g/mol. The Hall–Kier alpha value is -3.32. The molecule has 130 valence electrons. The first-order chi connectivity index (χ1) is 12.6. The maximum absolute atomic E-state index is 12.4. The second-order valence-corrected chi connectivity index (χ2v) is 6.11. The first kappa shape index (κ1) is 16.2. The lowest BCUT2D eigenvalue weighted by atomic mass is 10.1. The van der Waals surface area contributed by atoms with Crippen LogP contribution in [0.3, 0.4) is 0 Å². The van der Waals surface area contributed by atoms with Gasteiger partial charge in [0.1, 0.15) is 11.4 Å². The molecule has 1 aliphatic rings. The fraction of sp³-hybridized carbons (Fsp3) is 0.0556. The summed E-state index contributed by atoms with van der Waals surface area (Å²) in [6.07, 6.45) is 0. The molecule has 8 heteroatoms. The molecular formula is C18H13ClN4O3. The molecule has 0 aliphatic carbocycles. The molecule has 1 aliphatic heterocycles. The molecule has 2 heterocycles. The minimum atomic E-state index is -0.347. The third kappa shape index (κ3) is 3.25. The van der Waals surface area contributed by atoms with Gasteiger partial charge in [-0.05, 0) is 36.4 Å². The van der Waals surface area contributed by atoms with E-state index in [4.69, 9.17) is 16.3 Å². The zero-order valence-corrected chi connectivity index (χ0v) is 14.1. The highest BCUT2D eigenvalue weighted by molar-refractivity contribution is 6.30. The fourth-order valence-electron chi connectivity index (χ4n) is 2.57. The van der Waals surface area contributed by atoms with Crippen LogP contribution in [-0.2, 0) is 4.79 Å². The van der Waals surface area contributed by atoms with Crippen LogP contribution in [0, 0.1) is 0 Å². The SMILES string of the molecule is O=C1COc2ccc(NC(=O)c3cc(-c4ccc(Cl)cc4)n[nH]3)cc2N1. The van der Waals surface area contributed by atoms with Gasteiger partial charge < -0.3 is 15.4 Å². The van der Waals surface area contributed by atoms with Crippen molar-refractivity contribution in [2.75, 3.05) is 17.2 Å². The second kappa shape index (κ2) is 6.53. The standard InChI is InChI=1S/C18H13ClN4O3/c19-11-3-1-10(2-4-11)13-8-15(23-22-13)18(25)20-12-5-6-16-14(7-12)21-17(24)9-26-16/h1-8H,9H2,(H,20,25)(H,21,24)(H,22,23). The van der Waals surface area contributed by atoms with Crippen LogP contribution in [0.4, 0.5) is 11.4 Å². The van der Waals surface area contributed by atoms with E-state index in [0.29, 0.717) is 33.5 Å².